The van der Waals surface area contributed by atoms with E-state index in [2.05, 4.69) is 43.0 Å². The minimum Gasteiger partial charge on any atom is -0.219 e. The van der Waals surface area contributed by atoms with Gasteiger partial charge in [0.1, 0.15) is 0 Å². The van der Waals surface area contributed by atoms with Crippen molar-refractivity contribution < 1.29 is 0 Å². The summed E-state index contributed by atoms with van der Waals surface area (Å²) >= 11 is 0. The molecule has 4 bridgehead atoms. The van der Waals surface area contributed by atoms with Crippen molar-refractivity contribution in [3.8, 4) is 0 Å². The molecule has 1 aromatic rings. The Morgan fingerprint density at radius 1 is 0.952 bits per heavy atom. The largest absolute Gasteiger partial charge is 0.219 e. The van der Waals surface area contributed by atoms with Crippen LogP contribution in [0.1, 0.15) is 49.7 Å². The predicted molar refractivity (Wildman–Crippen MR) is 86.3 cm³/mol. The number of nitrogens with zero attached hydrogens (tertiary/aromatic N) is 2. The van der Waals surface area contributed by atoms with Gasteiger partial charge in [0.2, 0.25) is 0 Å². The molecule has 110 valence electrons. The molecule has 1 aromatic carbocycles. The summed E-state index contributed by atoms with van der Waals surface area (Å²) < 4.78 is 0. The van der Waals surface area contributed by atoms with Crippen molar-refractivity contribution in [1.29, 1.82) is 0 Å². The highest BCUT2D eigenvalue weighted by atomic mass is 14.9. The van der Waals surface area contributed by atoms with Gasteiger partial charge in [-0.25, -0.2) is 4.99 Å². The zero-order valence-corrected chi connectivity index (χ0v) is 13.1. The molecule has 0 amide bonds. The van der Waals surface area contributed by atoms with Crippen molar-refractivity contribution in [3.63, 3.8) is 0 Å². The van der Waals surface area contributed by atoms with Crippen LogP contribution in [0.5, 0.6) is 0 Å². The third kappa shape index (κ3) is 2.36. The van der Waals surface area contributed by atoms with Crippen molar-refractivity contribution >= 4 is 11.7 Å². The topological polar surface area (TPSA) is 24.7 Å². The Morgan fingerprint density at radius 2 is 1.48 bits per heavy atom. The number of rotatable bonds is 2. The van der Waals surface area contributed by atoms with Crippen LogP contribution in [-0.2, 0) is 0 Å². The molecule has 0 unspecified atom stereocenters. The Bertz CT molecular complexity index is 567. The summed E-state index contributed by atoms with van der Waals surface area (Å²) in [5.41, 5.74) is 3.66. The van der Waals surface area contributed by atoms with Gasteiger partial charge in [0, 0.05) is 0 Å². The molecule has 0 atom stereocenters. The lowest BCUT2D eigenvalue weighted by molar-refractivity contribution is 0.00200. The molecule has 4 aliphatic carbocycles. The third-order valence-corrected chi connectivity index (χ3v) is 5.89. The van der Waals surface area contributed by atoms with E-state index in [4.69, 9.17) is 4.99 Å². The zero-order chi connectivity index (χ0) is 14.4. The fraction of sp³-hybridized carbons (Fsp3) is 0.632. The van der Waals surface area contributed by atoms with Crippen molar-refractivity contribution in [2.24, 2.45) is 27.7 Å². The Balaban J connectivity index is 1.62. The fourth-order valence-corrected chi connectivity index (χ4v) is 5.36. The molecule has 5 rings (SSSR count). The van der Waals surface area contributed by atoms with Crippen molar-refractivity contribution in [2.75, 3.05) is 0 Å². The van der Waals surface area contributed by atoms with E-state index >= 15 is 0 Å². The van der Waals surface area contributed by atoms with E-state index in [-0.39, 0.29) is 5.54 Å². The second-order valence-corrected chi connectivity index (χ2v) is 7.71. The lowest BCUT2D eigenvalue weighted by Gasteiger charge is -2.54. The van der Waals surface area contributed by atoms with Crippen LogP contribution in [0, 0.1) is 31.6 Å². The third-order valence-electron chi connectivity index (χ3n) is 5.89. The monoisotopic (exact) mass is 280 g/mol. The van der Waals surface area contributed by atoms with Crippen LogP contribution in [0.4, 0.5) is 5.69 Å². The summed E-state index contributed by atoms with van der Waals surface area (Å²) in [6.07, 6.45) is 8.24. The van der Waals surface area contributed by atoms with Gasteiger partial charge in [-0.3, -0.25) is 0 Å². The van der Waals surface area contributed by atoms with Crippen LogP contribution in [0.25, 0.3) is 0 Å². The fourth-order valence-electron chi connectivity index (χ4n) is 5.36. The van der Waals surface area contributed by atoms with Gasteiger partial charge in [0.25, 0.3) is 0 Å². The molecule has 4 aliphatic rings. The van der Waals surface area contributed by atoms with E-state index in [1.165, 1.54) is 49.7 Å². The normalized spacial score (nSPS) is 36.4. The molecule has 4 fully saturated rings. The van der Waals surface area contributed by atoms with Gasteiger partial charge in [-0.15, -0.1) is 0 Å². The molecular formula is C19H24N2. The molecule has 0 saturated heterocycles. The van der Waals surface area contributed by atoms with Gasteiger partial charge >= 0.3 is 0 Å². The van der Waals surface area contributed by atoms with Gasteiger partial charge in [-0.1, -0.05) is 18.2 Å². The molecule has 0 radical (unpaired) electrons. The summed E-state index contributed by atoms with van der Waals surface area (Å²) in [7, 11) is 0. The van der Waals surface area contributed by atoms with Crippen molar-refractivity contribution in [1.82, 2.24) is 0 Å². The summed E-state index contributed by atoms with van der Waals surface area (Å²) in [5, 5.41) is 0. The van der Waals surface area contributed by atoms with Gasteiger partial charge in [0.15, 0.2) is 0 Å². The van der Waals surface area contributed by atoms with E-state index in [9.17, 15) is 0 Å². The van der Waals surface area contributed by atoms with Crippen LogP contribution in [0.2, 0.25) is 0 Å². The molecule has 4 saturated carbocycles. The molecule has 2 nitrogen and oxygen atoms in total. The van der Waals surface area contributed by atoms with E-state index < -0.39 is 0 Å². The maximum atomic E-state index is 4.88. The van der Waals surface area contributed by atoms with E-state index in [0.29, 0.717) is 0 Å². The average molecular weight is 280 g/mol. The first-order valence-corrected chi connectivity index (χ1v) is 8.37. The lowest BCUT2D eigenvalue weighted by Crippen LogP contribution is -2.49. The summed E-state index contributed by atoms with van der Waals surface area (Å²) in [6.45, 7) is 4.22. The molecule has 21 heavy (non-hydrogen) atoms. The standard InChI is InChI=1S/C19H24N2/c1-13-4-3-5-14(2)18(13)20-12-21-19-9-15-6-16(10-19)8-17(7-15)11-19/h3-5,15-17H,6-11H2,1-2H3. The highest BCUT2D eigenvalue weighted by molar-refractivity contribution is 5.60. The van der Waals surface area contributed by atoms with Crippen LogP contribution in [0.15, 0.2) is 28.2 Å². The van der Waals surface area contributed by atoms with Crippen LogP contribution >= 0.6 is 0 Å². The minimum absolute atomic E-state index is 0.189. The molecule has 0 aromatic heterocycles. The van der Waals surface area contributed by atoms with E-state index in [1.807, 2.05) is 0 Å². The van der Waals surface area contributed by atoms with E-state index in [1.54, 1.807) is 0 Å². The summed E-state index contributed by atoms with van der Waals surface area (Å²) in [4.78, 5) is 9.44. The first-order valence-electron chi connectivity index (χ1n) is 8.37. The van der Waals surface area contributed by atoms with Crippen LogP contribution in [0.3, 0.4) is 0 Å². The highest BCUT2D eigenvalue weighted by Gasteiger charge is 2.51. The second kappa shape index (κ2) is 4.81. The van der Waals surface area contributed by atoms with Crippen molar-refractivity contribution in [2.45, 2.75) is 57.9 Å². The summed E-state index contributed by atoms with van der Waals surface area (Å²) in [5.74, 6) is 2.80. The number of aliphatic imine (C=N–C) groups is 2. The summed E-state index contributed by atoms with van der Waals surface area (Å²) in [6, 6.07) is 9.39. The Labute approximate surface area is 127 Å². The molecular weight excluding hydrogens is 256 g/mol. The van der Waals surface area contributed by atoms with Crippen LogP contribution in [-0.4, -0.2) is 11.5 Å². The minimum atomic E-state index is 0.189. The quantitative estimate of drug-likeness (QED) is 0.675. The number of hydrogen-bond donors (Lipinski definition) is 0. The lowest BCUT2D eigenvalue weighted by atomic mass is 9.53. The maximum Gasteiger partial charge on any atom is 0.0954 e. The number of para-hydroxylation sites is 1. The SMILES string of the molecule is Cc1cccc(C)c1N=C=NC12CC3CC(CC(C3)C1)C2. The molecule has 0 N–H and O–H groups in total. The Kier molecular flexibility index (Phi) is 3.04. The predicted octanol–water partition coefficient (Wildman–Crippen LogP) is 5.08. The first kappa shape index (κ1) is 13.3. The molecule has 0 aliphatic heterocycles. The number of benzene rings is 1. The Morgan fingerprint density at radius 3 is 2.00 bits per heavy atom. The van der Waals surface area contributed by atoms with Crippen molar-refractivity contribution in [3.05, 3.63) is 29.3 Å². The molecule has 0 spiro atoms. The van der Waals surface area contributed by atoms with Gasteiger partial charge < -0.3 is 0 Å². The van der Waals surface area contributed by atoms with Gasteiger partial charge in [0.05, 0.1) is 17.2 Å². The van der Waals surface area contributed by atoms with E-state index in [0.717, 1.165) is 23.4 Å². The van der Waals surface area contributed by atoms with Crippen LogP contribution < -0.4 is 0 Å². The molecule has 0 heterocycles. The first-order chi connectivity index (χ1) is 10.1. The number of hydrogen-bond acceptors (Lipinski definition) is 2. The van der Waals surface area contributed by atoms with Gasteiger partial charge in [-0.05, 0) is 81.3 Å². The Hall–Kier alpha value is -1.40. The number of aryl methyl sites for hydroxylation is 2. The maximum absolute atomic E-state index is 4.88. The van der Waals surface area contributed by atoms with Gasteiger partial charge in [-0.2, -0.15) is 4.99 Å². The molecule has 2 heteroatoms. The smallest absolute Gasteiger partial charge is 0.0954 e. The highest BCUT2D eigenvalue weighted by Crippen LogP contribution is 2.57. The average Bonchev–Trinajstić information content (AvgIpc) is 2.40. The second-order valence-electron chi connectivity index (χ2n) is 7.71. The zero-order valence-electron chi connectivity index (χ0n) is 13.1.